The van der Waals surface area contributed by atoms with Gasteiger partial charge in [0, 0.05) is 25.7 Å². The highest BCUT2D eigenvalue weighted by molar-refractivity contribution is 5.68. The number of piperidine rings is 1. The summed E-state index contributed by atoms with van der Waals surface area (Å²) in [7, 11) is 0. The highest BCUT2D eigenvalue weighted by atomic mass is 16.6. The van der Waals surface area contributed by atoms with E-state index in [1.165, 1.54) is 0 Å². The predicted octanol–water partition coefficient (Wildman–Crippen LogP) is 1.66. The number of carbonyl (C=O) groups is 2. The average molecular weight is 268 g/mol. The minimum absolute atomic E-state index is 0.0412. The molecule has 5 heteroatoms. The van der Waals surface area contributed by atoms with Crippen molar-refractivity contribution in [2.45, 2.75) is 57.7 Å². The van der Waals surface area contributed by atoms with Crippen molar-refractivity contribution < 1.29 is 14.3 Å². The quantitative estimate of drug-likeness (QED) is 0.679. The van der Waals surface area contributed by atoms with Gasteiger partial charge in [0.05, 0.1) is 6.04 Å². The van der Waals surface area contributed by atoms with Crippen molar-refractivity contribution in [3.63, 3.8) is 0 Å². The number of amides is 1. The third-order valence-corrected chi connectivity index (χ3v) is 3.80. The minimum Gasteiger partial charge on any atom is -0.444 e. The third-order valence-electron chi connectivity index (χ3n) is 3.80. The molecule has 0 aromatic carbocycles. The number of rotatable bonds is 1. The highest BCUT2D eigenvalue weighted by Gasteiger charge is 2.37. The van der Waals surface area contributed by atoms with Crippen molar-refractivity contribution in [2.75, 3.05) is 19.6 Å². The topological polar surface area (TPSA) is 49.9 Å². The van der Waals surface area contributed by atoms with E-state index in [0.29, 0.717) is 19.1 Å². The zero-order valence-corrected chi connectivity index (χ0v) is 12.1. The Balaban J connectivity index is 1.95. The molecule has 0 aromatic heterocycles. The summed E-state index contributed by atoms with van der Waals surface area (Å²) in [6.07, 6.45) is 3.89. The molecule has 2 heterocycles. The normalized spacial score (nSPS) is 28.7. The van der Waals surface area contributed by atoms with Gasteiger partial charge in [0.1, 0.15) is 11.9 Å². The fourth-order valence-corrected chi connectivity index (χ4v) is 2.93. The Hall–Kier alpha value is -1.10. The molecule has 0 saturated carbocycles. The molecule has 19 heavy (non-hydrogen) atoms. The van der Waals surface area contributed by atoms with Crippen molar-refractivity contribution in [1.82, 2.24) is 9.80 Å². The van der Waals surface area contributed by atoms with Gasteiger partial charge in [0.2, 0.25) is 0 Å². The molecule has 2 saturated heterocycles. The van der Waals surface area contributed by atoms with E-state index in [4.69, 9.17) is 4.74 Å². The second-order valence-corrected chi connectivity index (χ2v) is 6.45. The molecule has 0 bridgehead atoms. The summed E-state index contributed by atoms with van der Waals surface area (Å²) in [4.78, 5) is 27.2. The molecular weight excluding hydrogens is 244 g/mol. The Labute approximate surface area is 114 Å². The molecule has 0 radical (unpaired) electrons. The van der Waals surface area contributed by atoms with Gasteiger partial charge in [-0.25, -0.2) is 4.79 Å². The van der Waals surface area contributed by atoms with Crippen LogP contribution in [0.3, 0.4) is 0 Å². The summed E-state index contributed by atoms with van der Waals surface area (Å²) in [6.45, 7) is 7.74. The average Bonchev–Trinajstić information content (AvgIpc) is 2.35. The van der Waals surface area contributed by atoms with Gasteiger partial charge < -0.3 is 14.4 Å². The molecule has 2 aliphatic rings. The molecule has 1 amide bonds. The van der Waals surface area contributed by atoms with Crippen LogP contribution >= 0.6 is 0 Å². The van der Waals surface area contributed by atoms with Crippen LogP contribution < -0.4 is 0 Å². The maximum Gasteiger partial charge on any atom is 0.410 e. The van der Waals surface area contributed by atoms with Crippen molar-refractivity contribution in [3.05, 3.63) is 0 Å². The van der Waals surface area contributed by atoms with Gasteiger partial charge in [-0.05, 0) is 40.0 Å². The summed E-state index contributed by atoms with van der Waals surface area (Å²) in [6, 6.07) is 0.352. The minimum atomic E-state index is -0.452. The van der Waals surface area contributed by atoms with E-state index < -0.39 is 5.60 Å². The molecule has 0 N–H and O–H groups in total. The maximum atomic E-state index is 12.1. The van der Waals surface area contributed by atoms with Gasteiger partial charge in [-0.15, -0.1) is 0 Å². The van der Waals surface area contributed by atoms with Crippen LogP contribution in [0, 0.1) is 0 Å². The Morgan fingerprint density at radius 2 is 2.00 bits per heavy atom. The lowest BCUT2D eigenvalue weighted by Crippen LogP contribution is -2.60. The van der Waals surface area contributed by atoms with Crippen molar-refractivity contribution in [1.29, 1.82) is 0 Å². The standard InChI is InChI=1S/C14H24N2O3/c1-14(2,3)19-13(18)15-7-8-16-11(9-15)5-4-6-12(16)10-17/h10-12H,4-9H2,1-3H3/t11-,12?/m0/s1. The smallest absolute Gasteiger partial charge is 0.410 e. The van der Waals surface area contributed by atoms with Gasteiger partial charge in [0.25, 0.3) is 0 Å². The predicted molar refractivity (Wildman–Crippen MR) is 72.0 cm³/mol. The molecule has 2 rings (SSSR count). The number of nitrogens with zero attached hydrogens (tertiary/aromatic N) is 2. The first-order valence-electron chi connectivity index (χ1n) is 7.09. The van der Waals surface area contributed by atoms with Crippen LogP contribution in [-0.4, -0.2) is 59.5 Å². The van der Waals surface area contributed by atoms with Crippen LogP contribution in [0.5, 0.6) is 0 Å². The lowest BCUT2D eigenvalue weighted by molar-refractivity contribution is -0.116. The zero-order chi connectivity index (χ0) is 14.0. The van der Waals surface area contributed by atoms with Crippen LogP contribution in [0.15, 0.2) is 0 Å². The molecule has 108 valence electrons. The number of hydrogen-bond donors (Lipinski definition) is 0. The Kier molecular flexibility index (Phi) is 4.13. The third kappa shape index (κ3) is 3.47. The molecule has 5 nitrogen and oxygen atoms in total. The van der Waals surface area contributed by atoms with E-state index in [0.717, 1.165) is 32.1 Å². The second-order valence-electron chi connectivity index (χ2n) is 6.45. The van der Waals surface area contributed by atoms with Crippen LogP contribution in [0.2, 0.25) is 0 Å². The summed E-state index contributed by atoms with van der Waals surface area (Å²) in [5.74, 6) is 0. The van der Waals surface area contributed by atoms with E-state index in [1.54, 1.807) is 4.90 Å². The Bertz CT molecular complexity index is 351. The fourth-order valence-electron chi connectivity index (χ4n) is 2.93. The lowest BCUT2D eigenvalue weighted by Gasteiger charge is -2.46. The van der Waals surface area contributed by atoms with Crippen LogP contribution in [-0.2, 0) is 9.53 Å². The molecule has 2 atom stereocenters. The maximum absolute atomic E-state index is 12.1. The molecule has 0 aromatic rings. The zero-order valence-electron chi connectivity index (χ0n) is 12.1. The first-order valence-corrected chi connectivity index (χ1v) is 7.09. The molecule has 1 unspecified atom stereocenters. The number of piperazine rings is 1. The second kappa shape index (κ2) is 5.49. The first kappa shape index (κ1) is 14.3. The summed E-state index contributed by atoms with van der Waals surface area (Å²) < 4.78 is 5.41. The van der Waals surface area contributed by atoms with Crippen LogP contribution in [0.4, 0.5) is 4.79 Å². The van der Waals surface area contributed by atoms with E-state index in [9.17, 15) is 9.59 Å². The number of carbonyl (C=O) groups excluding carboxylic acids is 2. The summed E-state index contributed by atoms with van der Waals surface area (Å²) >= 11 is 0. The fraction of sp³-hybridized carbons (Fsp3) is 0.857. The summed E-state index contributed by atoms with van der Waals surface area (Å²) in [5.41, 5.74) is -0.452. The molecule has 2 aliphatic heterocycles. The largest absolute Gasteiger partial charge is 0.444 e. The molecule has 0 aliphatic carbocycles. The van der Waals surface area contributed by atoms with E-state index >= 15 is 0 Å². The van der Waals surface area contributed by atoms with Gasteiger partial charge in [-0.1, -0.05) is 0 Å². The van der Waals surface area contributed by atoms with Crippen molar-refractivity contribution in [3.8, 4) is 0 Å². The van der Waals surface area contributed by atoms with Crippen molar-refractivity contribution in [2.24, 2.45) is 0 Å². The number of aldehydes is 1. The number of hydrogen-bond acceptors (Lipinski definition) is 4. The van der Waals surface area contributed by atoms with Crippen molar-refractivity contribution >= 4 is 12.4 Å². The molecule has 0 spiro atoms. The van der Waals surface area contributed by atoms with E-state index in [1.807, 2.05) is 20.8 Å². The van der Waals surface area contributed by atoms with Gasteiger partial charge in [-0.2, -0.15) is 0 Å². The van der Waals surface area contributed by atoms with E-state index in [2.05, 4.69) is 4.90 Å². The number of ether oxygens (including phenoxy) is 1. The Morgan fingerprint density at radius 1 is 1.26 bits per heavy atom. The van der Waals surface area contributed by atoms with Gasteiger partial charge in [-0.3, -0.25) is 4.90 Å². The Morgan fingerprint density at radius 3 is 2.63 bits per heavy atom. The first-order chi connectivity index (χ1) is 8.90. The lowest BCUT2D eigenvalue weighted by atomic mass is 9.94. The summed E-state index contributed by atoms with van der Waals surface area (Å²) in [5, 5.41) is 0. The van der Waals surface area contributed by atoms with Crippen LogP contribution in [0.25, 0.3) is 0 Å². The van der Waals surface area contributed by atoms with Gasteiger partial charge >= 0.3 is 6.09 Å². The highest BCUT2D eigenvalue weighted by Crippen LogP contribution is 2.26. The SMILES string of the molecule is CC(C)(C)OC(=O)N1CCN2C(C=O)CCC[C@H]2C1. The monoisotopic (exact) mass is 268 g/mol. The van der Waals surface area contributed by atoms with Gasteiger partial charge in [0.15, 0.2) is 0 Å². The number of fused-ring (bicyclic) bond motifs is 1. The molecule has 2 fully saturated rings. The molecular formula is C14H24N2O3. The van der Waals surface area contributed by atoms with E-state index in [-0.39, 0.29) is 12.1 Å². The van der Waals surface area contributed by atoms with Crippen LogP contribution in [0.1, 0.15) is 40.0 Å².